The summed E-state index contributed by atoms with van der Waals surface area (Å²) in [6, 6.07) is 35.2. The fraction of sp³-hybridized carbons (Fsp3) is 0.495. The average Bonchev–Trinajstić information content (AvgIpc) is 1.64. The van der Waals surface area contributed by atoms with E-state index in [9.17, 15) is 78.0 Å². The molecule has 0 spiro atoms. The first-order valence-corrected chi connectivity index (χ1v) is 43.3. The fourth-order valence-electron chi connectivity index (χ4n) is 15.2. The minimum Gasteiger partial charge on any atom is -0.508 e. The lowest BCUT2D eigenvalue weighted by Gasteiger charge is -2.27. The molecule has 0 saturated carbocycles. The van der Waals surface area contributed by atoms with Crippen LogP contribution in [0.3, 0.4) is 0 Å². The molecule has 6 aromatic carbocycles. The van der Waals surface area contributed by atoms with Crippen LogP contribution in [0.4, 0.5) is 0 Å². The van der Waals surface area contributed by atoms with Crippen molar-refractivity contribution in [3.8, 4) is 34.5 Å². The summed E-state index contributed by atoms with van der Waals surface area (Å²) >= 11 is 0. The number of rotatable bonds is 44. The zero-order chi connectivity index (χ0) is 92.2. The Morgan fingerprint density at radius 3 is 1.10 bits per heavy atom. The number of phenolic OH excluding ortho intramolecular Hbond substituents is 4. The number of ketones is 6. The molecule has 12 rings (SSSR count). The maximum atomic E-state index is 13.9. The number of morpholine rings is 3. The highest BCUT2D eigenvalue weighted by Crippen LogP contribution is 2.34. The third-order valence-electron chi connectivity index (χ3n) is 23.2. The van der Waals surface area contributed by atoms with Gasteiger partial charge in [-0.15, -0.1) is 0 Å². The predicted molar refractivity (Wildman–Crippen MR) is 468 cm³/mol. The maximum absolute atomic E-state index is 13.9. The van der Waals surface area contributed by atoms with Gasteiger partial charge < -0.3 is 90.2 Å². The number of amides is 6. The summed E-state index contributed by atoms with van der Waals surface area (Å²) in [4.78, 5) is 165. The molecule has 10 N–H and O–H groups in total. The number of hydrogen-bond acceptors (Lipinski definition) is 27. The highest BCUT2D eigenvalue weighted by molar-refractivity contribution is 6.01. The minimum atomic E-state index is -1.16. The van der Waals surface area contributed by atoms with E-state index in [1.807, 2.05) is 106 Å². The molecule has 33 heteroatoms. The molecule has 690 valence electrons. The number of hydrogen-bond donors (Lipinski definition) is 10. The Kier molecular flexibility index (Phi) is 36.3. The molecule has 6 saturated heterocycles. The van der Waals surface area contributed by atoms with Crippen LogP contribution in [0.25, 0.3) is 0 Å². The van der Waals surface area contributed by atoms with Crippen LogP contribution >= 0.6 is 0 Å². The van der Waals surface area contributed by atoms with E-state index in [2.05, 4.69) is 31.9 Å². The zero-order valence-electron chi connectivity index (χ0n) is 73.9. The van der Waals surface area contributed by atoms with Crippen molar-refractivity contribution in [2.24, 2.45) is 17.8 Å². The van der Waals surface area contributed by atoms with Crippen molar-refractivity contribution in [2.45, 2.75) is 152 Å². The highest BCUT2D eigenvalue weighted by atomic mass is 16.6. The molecule has 33 nitrogen and oxygen atoms in total. The van der Waals surface area contributed by atoms with E-state index in [4.69, 9.17) is 37.9 Å². The molecule has 0 aliphatic carbocycles. The van der Waals surface area contributed by atoms with E-state index >= 15 is 0 Å². The van der Waals surface area contributed by atoms with Crippen LogP contribution in [0.1, 0.15) is 94.2 Å². The monoisotopic (exact) mass is 1770 g/mol. The number of aromatic hydroxyl groups is 4. The van der Waals surface area contributed by atoms with Gasteiger partial charge in [0, 0.05) is 107 Å². The second-order valence-corrected chi connectivity index (χ2v) is 34.1. The van der Waals surface area contributed by atoms with E-state index in [0.29, 0.717) is 107 Å². The number of epoxide rings is 3. The second-order valence-electron chi connectivity index (χ2n) is 34.1. The van der Waals surface area contributed by atoms with Gasteiger partial charge in [-0.2, -0.15) is 0 Å². The number of carbonyl (C=O) groups excluding carboxylic acids is 12. The Morgan fingerprint density at radius 1 is 0.375 bits per heavy atom. The standard InChI is InChI=1S/2C32H41N3O8.C31H39N3O8/c1-21(13-25(37)19-35-9-11-42-12-10-35)30(39)34-28(17-23-14-24(36)18-26(15-23)41-3)31(40)33-27(29(38)32(2)20-43-32)16-22-7-5-4-6-8-22;1-21(33-29(38)19-35-11-13-42-14-12-35)27(37)17-24(16-23-9-10-25(36)18-28(23)41-3)31(40)34-26(30(39)32(2)20-43-32)15-22-7-5-4-6-8-22;1-20(12-25(37)18-34-8-10-41-11-9-34)29(39)33-27(16-22-13-23(35)17-24(36)14-22)30(40)32-26(28(38)31(2)19-42-31)15-21-6-4-3-5-7-21/h4-8,14-15,18,21,27-28,36H,9-13,16-17,19-20H2,1-3H3,(H,33,40)(H,34,39);4-10,18,21,24,26,36H,11-17,19-20H2,1-3H3,(H,33,38)(H,34,40);3-7,13-14,17,20,26-27,35-36H,8-12,15-16,18-19H2,1-2H3,(H,32,40)(H,33,39)/t21-,27+,28+,32-;21-,24+,26-,32+;20-,26+,27+,31-/m101/s1. The number of Topliss-reactive ketones (excluding diaryl/α,β-unsaturated/α-hetero) is 6. The zero-order valence-corrected chi connectivity index (χ0v) is 73.9. The summed E-state index contributed by atoms with van der Waals surface area (Å²) in [5.74, 6) is -6.16. The molecule has 6 amide bonds. The van der Waals surface area contributed by atoms with Crippen LogP contribution in [0.2, 0.25) is 0 Å². The normalized spacial score (nSPS) is 20.4. The number of carbonyl (C=O) groups is 12. The van der Waals surface area contributed by atoms with Crippen molar-refractivity contribution in [1.82, 2.24) is 46.6 Å². The van der Waals surface area contributed by atoms with Gasteiger partial charge in [0.15, 0.2) is 23.1 Å². The van der Waals surface area contributed by atoms with Crippen LogP contribution < -0.4 is 41.4 Å². The molecule has 6 fully saturated rings. The van der Waals surface area contributed by atoms with Gasteiger partial charge in [0.1, 0.15) is 75.0 Å². The summed E-state index contributed by atoms with van der Waals surface area (Å²) in [7, 11) is 2.91. The van der Waals surface area contributed by atoms with Gasteiger partial charge in [-0.3, -0.25) is 72.2 Å². The summed E-state index contributed by atoms with van der Waals surface area (Å²) in [6.45, 7) is 18.6. The molecule has 128 heavy (non-hydrogen) atoms. The molecule has 12 atom stereocenters. The van der Waals surface area contributed by atoms with E-state index < -0.39 is 100 Å². The first-order valence-electron chi connectivity index (χ1n) is 43.3. The van der Waals surface area contributed by atoms with Gasteiger partial charge in [0.25, 0.3) is 0 Å². The van der Waals surface area contributed by atoms with Crippen molar-refractivity contribution in [3.63, 3.8) is 0 Å². The fourth-order valence-corrected chi connectivity index (χ4v) is 15.2. The SMILES string of the molecule is COc1cc(O)cc(C[C@H](NC(=O)[C@H](C)CC(=O)CN2CCOCC2)C(=O)N[C@@H](Cc2ccccc2)C(=O)[C@@]2(C)CO2)c1.COc1cc(O)ccc1C[C@H](CC(=O)[C@H](C)NC(=O)CN1CCOCC1)C(=O)N[C@@H](Cc1ccccc1)C(=O)[C@@]1(C)CO1.C[C@H](CC(=O)CN1CCOCC1)C(=O)N[C@@H](Cc1cc(O)cc(O)c1)C(=O)N[C@@H](Cc1ccccc1)C(=O)[C@@]1(C)CO1. The van der Waals surface area contributed by atoms with Gasteiger partial charge in [-0.25, -0.2) is 0 Å². The number of benzene rings is 6. The third kappa shape index (κ3) is 30.9. The first-order chi connectivity index (χ1) is 61.1. The lowest BCUT2D eigenvalue weighted by molar-refractivity contribution is -0.134. The van der Waals surface area contributed by atoms with Gasteiger partial charge >= 0.3 is 0 Å². The Bertz CT molecular complexity index is 4780. The molecule has 0 bridgehead atoms. The van der Waals surface area contributed by atoms with E-state index in [1.165, 1.54) is 50.6 Å². The summed E-state index contributed by atoms with van der Waals surface area (Å²) in [5, 5.41) is 56.9. The van der Waals surface area contributed by atoms with Crippen molar-refractivity contribution < 1.29 is 116 Å². The largest absolute Gasteiger partial charge is 0.508 e. The Morgan fingerprint density at radius 2 is 0.727 bits per heavy atom. The van der Waals surface area contributed by atoms with E-state index in [-0.39, 0.29) is 161 Å². The second kappa shape index (κ2) is 47.1. The molecule has 6 aliphatic heterocycles. The minimum absolute atomic E-state index is 0.000444. The molecule has 0 unspecified atom stereocenters. The quantitative estimate of drug-likeness (QED) is 0.0241. The van der Waals surface area contributed by atoms with Gasteiger partial charge in [0.2, 0.25) is 35.4 Å². The lowest BCUT2D eigenvalue weighted by Crippen LogP contribution is -2.55. The molecular weight excluding hydrogens is 1650 g/mol. The molecule has 6 aromatic rings. The molecule has 0 radical (unpaired) electrons. The predicted octanol–water partition coefficient (Wildman–Crippen LogP) is 4.02. The van der Waals surface area contributed by atoms with Gasteiger partial charge in [0.05, 0.1) is 117 Å². The maximum Gasteiger partial charge on any atom is 0.243 e. The van der Waals surface area contributed by atoms with Crippen LogP contribution in [0.15, 0.2) is 146 Å². The number of phenols is 4. The van der Waals surface area contributed by atoms with Crippen LogP contribution in [-0.2, 0) is 124 Å². The number of methoxy groups -OCH3 is 2. The van der Waals surface area contributed by atoms with Crippen LogP contribution in [-0.4, -0.2) is 291 Å². The molecule has 6 aliphatic rings. The molecule has 6 heterocycles. The number of nitrogens with zero attached hydrogens (tertiary/aromatic N) is 3. The van der Waals surface area contributed by atoms with Crippen molar-refractivity contribution in [1.29, 1.82) is 0 Å². The molecular formula is C95H121N9O24. The summed E-state index contributed by atoms with van der Waals surface area (Å²) in [6.07, 6.45) is 0.607. The van der Waals surface area contributed by atoms with Gasteiger partial charge in [-0.1, -0.05) is 111 Å². The number of ether oxygens (including phenoxy) is 8. The number of nitrogens with one attached hydrogen (secondary N) is 6. The van der Waals surface area contributed by atoms with Crippen LogP contribution in [0.5, 0.6) is 34.5 Å². The molecule has 0 aromatic heterocycles. The smallest absolute Gasteiger partial charge is 0.243 e. The Labute approximate surface area is 745 Å². The van der Waals surface area contributed by atoms with E-state index in [1.54, 1.807) is 53.7 Å². The topological polar surface area (TPSA) is 451 Å². The average molecular weight is 1770 g/mol. The lowest BCUT2D eigenvalue weighted by atomic mass is 9.89. The van der Waals surface area contributed by atoms with Gasteiger partial charge in [-0.05, 0) is 117 Å². The third-order valence-corrected chi connectivity index (χ3v) is 23.2. The van der Waals surface area contributed by atoms with E-state index in [0.717, 1.165) is 22.8 Å². The Balaban J connectivity index is 0.000000200. The van der Waals surface area contributed by atoms with Crippen molar-refractivity contribution in [3.05, 3.63) is 179 Å². The summed E-state index contributed by atoms with van der Waals surface area (Å²) in [5.41, 5.74) is 1.19. The Hall–Kier alpha value is -11.4. The first kappa shape index (κ1) is 98.8. The van der Waals surface area contributed by atoms with Crippen molar-refractivity contribution >= 4 is 70.1 Å². The van der Waals surface area contributed by atoms with Crippen LogP contribution in [0, 0.1) is 17.8 Å². The summed E-state index contributed by atoms with van der Waals surface area (Å²) < 4.78 is 42.8. The van der Waals surface area contributed by atoms with Crippen molar-refractivity contribution in [2.75, 3.05) is 133 Å². The highest BCUT2D eigenvalue weighted by Gasteiger charge is 2.53.